The molecule has 0 aromatic carbocycles. The Balaban J connectivity index is 1.94. The van der Waals surface area contributed by atoms with Crippen LogP contribution in [0.1, 0.15) is 50.6 Å². The lowest BCUT2D eigenvalue weighted by Gasteiger charge is -2.30. The van der Waals surface area contributed by atoms with Crippen LogP contribution in [0.5, 0.6) is 0 Å². The molecule has 4 heteroatoms. The third kappa shape index (κ3) is 2.50. The van der Waals surface area contributed by atoms with Crippen molar-refractivity contribution in [3.05, 3.63) is 30.4 Å². The Morgan fingerprint density at radius 2 is 2.16 bits per heavy atom. The van der Waals surface area contributed by atoms with Crippen LogP contribution >= 0.6 is 0 Å². The second-order valence-electron chi connectivity index (χ2n) is 5.44. The number of aromatic nitrogens is 3. The molecular formula is C15H22N4. The van der Waals surface area contributed by atoms with Crippen molar-refractivity contribution < 1.29 is 0 Å². The SMILES string of the molecule is CCNC(c1cnn2ccncc12)C1CCCCC1. The van der Waals surface area contributed by atoms with Crippen LogP contribution < -0.4 is 5.32 Å². The van der Waals surface area contributed by atoms with Crippen molar-refractivity contribution in [2.75, 3.05) is 6.54 Å². The van der Waals surface area contributed by atoms with Crippen LogP contribution in [0.3, 0.4) is 0 Å². The minimum Gasteiger partial charge on any atom is -0.310 e. The molecular weight excluding hydrogens is 236 g/mol. The van der Waals surface area contributed by atoms with E-state index < -0.39 is 0 Å². The standard InChI is InChI=1S/C15H22N4/c1-2-17-15(12-6-4-3-5-7-12)13-10-18-19-9-8-16-11-14(13)19/h8-12,15,17H,2-7H2,1H3. The summed E-state index contributed by atoms with van der Waals surface area (Å²) in [6, 6.07) is 0.423. The predicted octanol–water partition coefficient (Wildman–Crippen LogP) is 2.96. The summed E-state index contributed by atoms with van der Waals surface area (Å²) in [4.78, 5) is 4.24. The van der Waals surface area contributed by atoms with Gasteiger partial charge in [-0.15, -0.1) is 0 Å². The summed E-state index contributed by atoms with van der Waals surface area (Å²) in [5.74, 6) is 0.738. The van der Waals surface area contributed by atoms with Crippen molar-refractivity contribution in [1.29, 1.82) is 0 Å². The van der Waals surface area contributed by atoms with E-state index in [4.69, 9.17) is 0 Å². The average Bonchev–Trinajstić information content (AvgIpc) is 2.89. The fourth-order valence-electron chi connectivity index (χ4n) is 3.31. The van der Waals surface area contributed by atoms with Crippen molar-refractivity contribution >= 4 is 5.52 Å². The monoisotopic (exact) mass is 258 g/mol. The van der Waals surface area contributed by atoms with Crippen LogP contribution in [0.4, 0.5) is 0 Å². The number of nitrogens with zero attached hydrogens (tertiary/aromatic N) is 3. The highest BCUT2D eigenvalue weighted by Crippen LogP contribution is 2.35. The lowest BCUT2D eigenvalue weighted by Crippen LogP contribution is -2.29. The van der Waals surface area contributed by atoms with Gasteiger partial charge in [-0.05, 0) is 25.3 Å². The molecule has 19 heavy (non-hydrogen) atoms. The van der Waals surface area contributed by atoms with Gasteiger partial charge in [0, 0.05) is 24.0 Å². The third-order valence-electron chi connectivity index (χ3n) is 4.23. The van der Waals surface area contributed by atoms with Gasteiger partial charge in [-0.3, -0.25) is 4.98 Å². The quantitative estimate of drug-likeness (QED) is 0.916. The minimum atomic E-state index is 0.423. The van der Waals surface area contributed by atoms with Gasteiger partial charge in [-0.25, -0.2) is 4.52 Å². The van der Waals surface area contributed by atoms with E-state index in [-0.39, 0.29) is 0 Å². The highest BCUT2D eigenvalue weighted by molar-refractivity contribution is 5.53. The maximum Gasteiger partial charge on any atom is 0.0892 e. The van der Waals surface area contributed by atoms with E-state index in [0.717, 1.165) is 18.0 Å². The molecule has 1 unspecified atom stereocenters. The molecule has 2 aromatic rings. The molecule has 1 aliphatic rings. The first-order chi connectivity index (χ1) is 9.40. The summed E-state index contributed by atoms with van der Waals surface area (Å²) in [5, 5.41) is 8.12. The number of rotatable bonds is 4. The summed E-state index contributed by atoms with van der Waals surface area (Å²) < 4.78 is 1.93. The van der Waals surface area contributed by atoms with E-state index >= 15 is 0 Å². The molecule has 1 saturated carbocycles. The Hall–Kier alpha value is -1.42. The maximum absolute atomic E-state index is 4.45. The van der Waals surface area contributed by atoms with Crippen molar-refractivity contribution in [2.24, 2.45) is 5.92 Å². The largest absolute Gasteiger partial charge is 0.310 e. The lowest BCUT2D eigenvalue weighted by molar-refractivity contribution is 0.275. The van der Waals surface area contributed by atoms with E-state index in [1.807, 2.05) is 23.1 Å². The van der Waals surface area contributed by atoms with E-state index in [1.165, 1.54) is 37.7 Å². The number of hydrogen-bond donors (Lipinski definition) is 1. The number of fused-ring (bicyclic) bond motifs is 1. The van der Waals surface area contributed by atoms with E-state index in [9.17, 15) is 0 Å². The first-order valence-electron chi connectivity index (χ1n) is 7.40. The van der Waals surface area contributed by atoms with Crippen LogP contribution in [0, 0.1) is 5.92 Å². The average molecular weight is 258 g/mol. The molecule has 0 amide bonds. The molecule has 1 aliphatic carbocycles. The topological polar surface area (TPSA) is 42.2 Å². The molecule has 2 heterocycles. The minimum absolute atomic E-state index is 0.423. The molecule has 1 N–H and O–H groups in total. The first-order valence-corrected chi connectivity index (χ1v) is 7.40. The Kier molecular flexibility index (Phi) is 3.78. The van der Waals surface area contributed by atoms with Crippen LogP contribution in [-0.2, 0) is 0 Å². The van der Waals surface area contributed by atoms with E-state index in [0.29, 0.717) is 6.04 Å². The molecule has 3 rings (SSSR count). The molecule has 1 atom stereocenters. The van der Waals surface area contributed by atoms with Gasteiger partial charge in [0.1, 0.15) is 0 Å². The second-order valence-corrected chi connectivity index (χ2v) is 5.44. The lowest BCUT2D eigenvalue weighted by atomic mass is 9.81. The highest BCUT2D eigenvalue weighted by atomic mass is 15.2. The van der Waals surface area contributed by atoms with Crippen molar-refractivity contribution in [1.82, 2.24) is 19.9 Å². The fraction of sp³-hybridized carbons (Fsp3) is 0.600. The molecule has 102 valence electrons. The van der Waals surface area contributed by atoms with E-state index in [2.05, 4.69) is 22.3 Å². The zero-order valence-corrected chi connectivity index (χ0v) is 11.5. The van der Waals surface area contributed by atoms with Gasteiger partial charge in [0.25, 0.3) is 0 Å². The van der Waals surface area contributed by atoms with Gasteiger partial charge in [-0.1, -0.05) is 26.2 Å². The molecule has 1 fully saturated rings. The zero-order chi connectivity index (χ0) is 13.1. The Bertz CT molecular complexity index is 528. The normalized spacial score (nSPS) is 18.8. The Morgan fingerprint density at radius 1 is 1.32 bits per heavy atom. The fourth-order valence-corrected chi connectivity index (χ4v) is 3.31. The summed E-state index contributed by atoms with van der Waals surface area (Å²) in [7, 11) is 0. The van der Waals surface area contributed by atoms with Crippen LogP contribution in [0.15, 0.2) is 24.8 Å². The van der Waals surface area contributed by atoms with Crippen LogP contribution in [0.2, 0.25) is 0 Å². The number of hydrogen-bond acceptors (Lipinski definition) is 3. The molecule has 0 bridgehead atoms. The molecule has 0 radical (unpaired) electrons. The molecule has 0 spiro atoms. The molecule has 0 saturated heterocycles. The van der Waals surface area contributed by atoms with Crippen LogP contribution in [0.25, 0.3) is 5.52 Å². The second kappa shape index (κ2) is 5.70. The van der Waals surface area contributed by atoms with Gasteiger partial charge in [0.2, 0.25) is 0 Å². The van der Waals surface area contributed by atoms with Crippen LogP contribution in [-0.4, -0.2) is 21.1 Å². The molecule has 4 nitrogen and oxygen atoms in total. The maximum atomic E-state index is 4.45. The van der Waals surface area contributed by atoms with Gasteiger partial charge in [0.05, 0.1) is 17.9 Å². The summed E-state index contributed by atoms with van der Waals surface area (Å²) in [6.45, 7) is 3.18. The van der Waals surface area contributed by atoms with Crippen molar-refractivity contribution in [2.45, 2.75) is 45.1 Å². The third-order valence-corrected chi connectivity index (χ3v) is 4.23. The Morgan fingerprint density at radius 3 is 2.95 bits per heavy atom. The summed E-state index contributed by atoms with van der Waals surface area (Å²) >= 11 is 0. The van der Waals surface area contributed by atoms with Gasteiger partial charge < -0.3 is 5.32 Å². The summed E-state index contributed by atoms with van der Waals surface area (Å²) in [6.07, 6.45) is 14.4. The van der Waals surface area contributed by atoms with Crippen molar-refractivity contribution in [3.8, 4) is 0 Å². The summed E-state index contributed by atoms with van der Waals surface area (Å²) in [5.41, 5.74) is 2.45. The highest BCUT2D eigenvalue weighted by Gasteiger charge is 2.26. The van der Waals surface area contributed by atoms with Gasteiger partial charge >= 0.3 is 0 Å². The smallest absolute Gasteiger partial charge is 0.0892 e. The van der Waals surface area contributed by atoms with Gasteiger partial charge in [0.15, 0.2) is 0 Å². The van der Waals surface area contributed by atoms with Crippen molar-refractivity contribution in [3.63, 3.8) is 0 Å². The number of nitrogens with one attached hydrogen (secondary N) is 1. The van der Waals surface area contributed by atoms with E-state index in [1.54, 1.807) is 6.20 Å². The molecule has 0 aliphatic heterocycles. The predicted molar refractivity (Wildman–Crippen MR) is 76.0 cm³/mol. The first kappa shape index (κ1) is 12.6. The zero-order valence-electron chi connectivity index (χ0n) is 11.5. The Labute approximate surface area is 114 Å². The molecule has 2 aromatic heterocycles. The van der Waals surface area contributed by atoms with Gasteiger partial charge in [-0.2, -0.15) is 5.10 Å².